The second-order valence-electron chi connectivity index (χ2n) is 6.04. The molecule has 3 rings (SSSR count). The largest absolute Gasteiger partial charge is 0.348 e. The molecule has 1 atom stereocenters. The number of rotatable bonds is 5. The Morgan fingerprint density at radius 3 is 2.62 bits per heavy atom. The summed E-state index contributed by atoms with van der Waals surface area (Å²) < 4.78 is 15.6. The van der Waals surface area contributed by atoms with Crippen molar-refractivity contribution in [2.75, 3.05) is 0 Å². The monoisotopic (exact) mass is 371 g/mol. The fraction of sp³-hybridized carbons (Fsp3) is 0.200. The molecule has 6 heteroatoms. The molecule has 2 aromatic carbocycles. The van der Waals surface area contributed by atoms with Crippen molar-refractivity contribution in [3.8, 4) is 16.9 Å². The smallest absolute Gasteiger partial charge is 0.270 e. The van der Waals surface area contributed by atoms with Crippen LogP contribution in [0, 0.1) is 5.82 Å². The topological polar surface area (TPSA) is 46.9 Å². The van der Waals surface area contributed by atoms with Gasteiger partial charge in [0.1, 0.15) is 11.5 Å². The van der Waals surface area contributed by atoms with Crippen molar-refractivity contribution in [1.82, 2.24) is 15.1 Å². The van der Waals surface area contributed by atoms with E-state index in [0.717, 1.165) is 6.42 Å². The molecule has 0 fully saturated rings. The van der Waals surface area contributed by atoms with Crippen molar-refractivity contribution in [3.63, 3.8) is 0 Å². The molecular formula is C20H19ClFN3O. The van der Waals surface area contributed by atoms with Crippen molar-refractivity contribution < 1.29 is 9.18 Å². The lowest BCUT2D eigenvalue weighted by Gasteiger charge is -2.13. The van der Waals surface area contributed by atoms with Gasteiger partial charge in [0.15, 0.2) is 0 Å². The molecule has 1 N–H and O–H groups in total. The van der Waals surface area contributed by atoms with Gasteiger partial charge in [0, 0.05) is 11.6 Å². The second-order valence-corrected chi connectivity index (χ2v) is 6.45. The van der Waals surface area contributed by atoms with E-state index in [4.69, 9.17) is 11.6 Å². The summed E-state index contributed by atoms with van der Waals surface area (Å²) in [6.45, 7) is 3.91. The lowest BCUT2D eigenvalue weighted by Crippen LogP contribution is -2.33. The number of benzene rings is 2. The van der Waals surface area contributed by atoms with Gasteiger partial charge in [-0.2, -0.15) is 5.10 Å². The van der Waals surface area contributed by atoms with Crippen LogP contribution in [0.5, 0.6) is 0 Å². The second kappa shape index (κ2) is 7.70. The molecule has 0 spiro atoms. The van der Waals surface area contributed by atoms with Gasteiger partial charge in [0.2, 0.25) is 0 Å². The summed E-state index contributed by atoms with van der Waals surface area (Å²) in [5.41, 5.74) is 1.57. The zero-order chi connectivity index (χ0) is 18.7. The number of hydrogen-bond acceptors (Lipinski definition) is 2. The maximum atomic E-state index is 14.2. The van der Waals surface area contributed by atoms with E-state index in [1.165, 1.54) is 10.7 Å². The van der Waals surface area contributed by atoms with E-state index in [-0.39, 0.29) is 11.9 Å². The predicted molar refractivity (Wildman–Crippen MR) is 101 cm³/mol. The molecule has 134 valence electrons. The lowest BCUT2D eigenvalue weighted by molar-refractivity contribution is 0.0931. The molecule has 26 heavy (non-hydrogen) atoms. The highest BCUT2D eigenvalue weighted by atomic mass is 35.5. The molecular weight excluding hydrogens is 353 g/mol. The first-order valence-electron chi connectivity index (χ1n) is 8.42. The van der Waals surface area contributed by atoms with Gasteiger partial charge in [0.05, 0.1) is 16.4 Å². The van der Waals surface area contributed by atoms with Crippen LogP contribution in [-0.2, 0) is 0 Å². The van der Waals surface area contributed by atoms with E-state index in [9.17, 15) is 9.18 Å². The van der Waals surface area contributed by atoms with Gasteiger partial charge in [-0.3, -0.25) is 4.79 Å². The van der Waals surface area contributed by atoms with Crippen LogP contribution in [0.25, 0.3) is 16.9 Å². The highest BCUT2D eigenvalue weighted by Crippen LogP contribution is 2.27. The first-order valence-corrected chi connectivity index (χ1v) is 8.79. The summed E-state index contributed by atoms with van der Waals surface area (Å²) in [5.74, 6) is -0.681. The first kappa shape index (κ1) is 18.1. The van der Waals surface area contributed by atoms with Crippen molar-refractivity contribution >= 4 is 17.5 Å². The lowest BCUT2D eigenvalue weighted by atomic mass is 10.1. The Balaban J connectivity index is 2.14. The van der Waals surface area contributed by atoms with Gasteiger partial charge in [-0.25, -0.2) is 9.07 Å². The van der Waals surface area contributed by atoms with Crippen molar-refractivity contribution in [1.29, 1.82) is 0 Å². The van der Waals surface area contributed by atoms with Crippen LogP contribution in [0.4, 0.5) is 4.39 Å². The maximum Gasteiger partial charge on any atom is 0.270 e. The number of carbonyl (C=O) groups is 1. The summed E-state index contributed by atoms with van der Waals surface area (Å²) in [4.78, 5) is 12.7. The molecule has 0 aliphatic heterocycles. The molecule has 0 aliphatic carbocycles. The molecule has 0 bridgehead atoms. The summed E-state index contributed by atoms with van der Waals surface area (Å²) in [7, 11) is 0. The van der Waals surface area contributed by atoms with Gasteiger partial charge in [-0.15, -0.1) is 0 Å². The number of halogens is 2. The minimum atomic E-state index is -0.398. The van der Waals surface area contributed by atoms with E-state index >= 15 is 0 Å². The van der Waals surface area contributed by atoms with Crippen LogP contribution in [0.3, 0.4) is 0 Å². The highest BCUT2D eigenvalue weighted by Gasteiger charge is 2.21. The average molecular weight is 372 g/mol. The summed E-state index contributed by atoms with van der Waals surface area (Å²) in [6.07, 6.45) is 0.798. The van der Waals surface area contributed by atoms with E-state index in [0.29, 0.717) is 27.7 Å². The molecule has 0 saturated carbocycles. The highest BCUT2D eigenvalue weighted by molar-refractivity contribution is 6.32. The normalized spacial score (nSPS) is 12.0. The van der Waals surface area contributed by atoms with Crippen molar-refractivity contribution in [3.05, 3.63) is 71.1 Å². The Morgan fingerprint density at radius 1 is 1.23 bits per heavy atom. The predicted octanol–water partition coefficient (Wildman–Crippen LogP) is 4.86. The van der Waals surface area contributed by atoms with Gasteiger partial charge in [-0.05, 0) is 43.7 Å². The average Bonchev–Trinajstić information content (AvgIpc) is 3.07. The third-order valence-corrected chi connectivity index (χ3v) is 4.48. The number of nitrogens with one attached hydrogen (secondary N) is 1. The van der Waals surface area contributed by atoms with Crippen LogP contribution >= 0.6 is 11.6 Å². The summed E-state index contributed by atoms with van der Waals surface area (Å²) in [5, 5.41) is 7.83. The Labute approximate surface area is 156 Å². The zero-order valence-corrected chi connectivity index (χ0v) is 15.3. The molecule has 1 heterocycles. The standard InChI is InChI=1S/C20H19ClFN3O/c1-3-13(2)23-20(26)19-12-17(14-8-4-6-10-16(14)22)24-25(19)18-11-7-5-9-15(18)21/h4-13H,3H2,1-2H3,(H,23,26)/t13-/m0/s1. The fourth-order valence-electron chi connectivity index (χ4n) is 2.55. The van der Waals surface area contributed by atoms with Crippen LogP contribution in [-0.4, -0.2) is 21.7 Å². The van der Waals surface area contributed by atoms with Gasteiger partial charge in [0.25, 0.3) is 5.91 Å². The Morgan fingerprint density at radius 2 is 1.92 bits per heavy atom. The molecule has 0 radical (unpaired) electrons. The van der Waals surface area contributed by atoms with Crippen LogP contribution in [0.15, 0.2) is 54.6 Å². The van der Waals surface area contributed by atoms with E-state index in [1.54, 1.807) is 42.5 Å². The number of para-hydroxylation sites is 1. The third-order valence-electron chi connectivity index (χ3n) is 4.16. The van der Waals surface area contributed by atoms with Crippen molar-refractivity contribution in [2.45, 2.75) is 26.3 Å². The minimum absolute atomic E-state index is 0.00834. The molecule has 0 saturated heterocycles. The number of aromatic nitrogens is 2. The molecule has 0 unspecified atom stereocenters. The zero-order valence-electron chi connectivity index (χ0n) is 14.5. The summed E-state index contributed by atoms with van der Waals surface area (Å²) in [6, 6.07) is 15.0. The van der Waals surface area contributed by atoms with Gasteiger partial charge >= 0.3 is 0 Å². The third kappa shape index (κ3) is 3.63. The van der Waals surface area contributed by atoms with Crippen LogP contribution in [0.1, 0.15) is 30.8 Å². The van der Waals surface area contributed by atoms with E-state index < -0.39 is 5.82 Å². The molecule has 1 amide bonds. The van der Waals surface area contributed by atoms with Gasteiger partial charge in [-0.1, -0.05) is 42.8 Å². The molecule has 4 nitrogen and oxygen atoms in total. The van der Waals surface area contributed by atoms with Crippen LogP contribution in [0.2, 0.25) is 5.02 Å². The number of amides is 1. The Kier molecular flexibility index (Phi) is 5.38. The minimum Gasteiger partial charge on any atom is -0.348 e. The number of nitrogens with zero attached hydrogens (tertiary/aromatic N) is 2. The Bertz CT molecular complexity index is 938. The maximum absolute atomic E-state index is 14.2. The quantitative estimate of drug-likeness (QED) is 0.696. The van der Waals surface area contributed by atoms with Crippen molar-refractivity contribution in [2.24, 2.45) is 0 Å². The van der Waals surface area contributed by atoms with Crippen LogP contribution < -0.4 is 5.32 Å². The Hall–Kier alpha value is -2.66. The molecule has 1 aromatic heterocycles. The molecule has 3 aromatic rings. The van der Waals surface area contributed by atoms with E-state index in [2.05, 4.69) is 10.4 Å². The SMILES string of the molecule is CC[C@H](C)NC(=O)c1cc(-c2ccccc2F)nn1-c1ccccc1Cl. The number of carbonyl (C=O) groups excluding carboxylic acids is 1. The summed E-state index contributed by atoms with van der Waals surface area (Å²) >= 11 is 6.29. The van der Waals surface area contributed by atoms with Gasteiger partial charge < -0.3 is 5.32 Å². The first-order chi connectivity index (χ1) is 12.5. The van der Waals surface area contributed by atoms with E-state index in [1.807, 2.05) is 19.9 Å². The molecule has 0 aliphatic rings. The fourth-order valence-corrected chi connectivity index (χ4v) is 2.77. The number of hydrogen-bond donors (Lipinski definition) is 1.